The Hall–Kier alpha value is -4.24. The van der Waals surface area contributed by atoms with Gasteiger partial charge in [-0.1, -0.05) is 36.4 Å². The zero-order valence-electron chi connectivity index (χ0n) is 19.1. The lowest BCUT2D eigenvalue weighted by Crippen LogP contribution is -2.48. The van der Waals surface area contributed by atoms with Crippen LogP contribution in [0.15, 0.2) is 84.4 Å². The minimum absolute atomic E-state index is 0.238. The van der Waals surface area contributed by atoms with Gasteiger partial charge in [-0.05, 0) is 42.0 Å². The lowest BCUT2D eigenvalue weighted by Gasteiger charge is -2.18. The van der Waals surface area contributed by atoms with Crippen LogP contribution in [-0.4, -0.2) is 34.9 Å². The average Bonchev–Trinajstić information content (AvgIpc) is 3.37. The Morgan fingerprint density at radius 3 is 2.49 bits per heavy atom. The number of anilines is 2. The van der Waals surface area contributed by atoms with Crippen LogP contribution in [0.1, 0.15) is 21.7 Å². The molecular formula is C26H25N5O3S. The smallest absolute Gasteiger partial charge is 0.271 e. The summed E-state index contributed by atoms with van der Waals surface area (Å²) in [5.74, 6) is 0.0400. The average molecular weight is 488 g/mol. The first-order chi connectivity index (χ1) is 17.1. The molecule has 0 saturated carbocycles. The van der Waals surface area contributed by atoms with Crippen LogP contribution in [0, 0.1) is 0 Å². The molecule has 0 unspecified atom stereocenters. The first kappa shape index (κ1) is 23.9. The molecule has 2 heterocycles. The van der Waals surface area contributed by atoms with Crippen LogP contribution in [0.4, 0.5) is 10.8 Å². The summed E-state index contributed by atoms with van der Waals surface area (Å²) in [6.45, 7) is 0.271. The number of methoxy groups -OCH3 is 1. The standard InChI is InChI=1S/C26H25N5O3S/c1-34-21-12-10-19(11-13-21)29-26-31-23(17-35-26)25(33)30-22(15-18-7-3-2-4-8-18)24(32)28-16-20-9-5-6-14-27-20/h2-14,17,22H,15-16H2,1H3,(H,28,32)(H,29,31)(H,30,33)/t22-/m1/s1. The van der Waals surface area contributed by atoms with E-state index in [1.54, 1.807) is 18.7 Å². The molecule has 178 valence electrons. The highest BCUT2D eigenvalue weighted by Gasteiger charge is 2.23. The SMILES string of the molecule is COc1ccc(Nc2nc(C(=O)N[C@H](Cc3ccccc3)C(=O)NCc3ccccn3)cs2)cc1. The maximum Gasteiger partial charge on any atom is 0.271 e. The van der Waals surface area contributed by atoms with Crippen LogP contribution < -0.4 is 20.7 Å². The second kappa shape index (κ2) is 11.8. The maximum atomic E-state index is 13.0. The molecular weight excluding hydrogens is 462 g/mol. The highest BCUT2D eigenvalue weighted by atomic mass is 32.1. The third-order valence-electron chi connectivity index (χ3n) is 5.15. The molecule has 0 fully saturated rings. The van der Waals surface area contributed by atoms with Crippen LogP contribution >= 0.6 is 11.3 Å². The third-order valence-corrected chi connectivity index (χ3v) is 5.91. The van der Waals surface area contributed by atoms with E-state index in [2.05, 4.69) is 25.9 Å². The number of rotatable bonds is 10. The van der Waals surface area contributed by atoms with Crippen molar-refractivity contribution < 1.29 is 14.3 Å². The van der Waals surface area contributed by atoms with Crippen LogP contribution in [0.25, 0.3) is 0 Å². The molecule has 8 nitrogen and oxygen atoms in total. The van der Waals surface area contributed by atoms with Gasteiger partial charge in [-0.25, -0.2) is 4.98 Å². The van der Waals surface area contributed by atoms with E-state index in [1.807, 2.05) is 72.8 Å². The van der Waals surface area contributed by atoms with Gasteiger partial charge in [0.25, 0.3) is 5.91 Å². The van der Waals surface area contributed by atoms with Crippen LogP contribution in [0.5, 0.6) is 5.75 Å². The van der Waals surface area contributed by atoms with Gasteiger partial charge in [0, 0.05) is 23.7 Å². The molecule has 1 atom stereocenters. The Kier molecular flexibility index (Phi) is 8.03. The Balaban J connectivity index is 1.42. The van der Waals surface area contributed by atoms with Crippen molar-refractivity contribution in [2.45, 2.75) is 19.0 Å². The van der Waals surface area contributed by atoms with Crippen molar-refractivity contribution in [1.29, 1.82) is 0 Å². The van der Waals surface area contributed by atoms with Gasteiger partial charge in [0.15, 0.2) is 5.13 Å². The number of nitrogens with one attached hydrogen (secondary N) is 3. The second-order valence-electron chi connectivity index (χ2n) is 7.65. The number of hydrogen-bond donors (Lipinski definition) is 3. The molecule has 0 aliphatic heterocycles. The highest BCUT2D eigenvalue weighted by molar-refractivity contribution is 7.14. The number of nitrogens with zero attached hydrogens (tertiary/aromatic N) is 2. The first-order valence-corrected chi connectivity index (χ1v) is 11.9. The summed E-state index contributed by atoms with van der Waals surface area (Å²) >= 11 is 1.31. The molecule has 0 saturated heterocycles. The van der Waals surface area contributed by atoms with E-state index in [1.165, 1.54) is 11.3 Å². The van der Waals surface area contributed by atoms with Gasteiger partial charge in [-0.2, -0.15) is 0 Å². The van der Waals surface area contributed by atoms with Gasteiger partial charge < -0.3 is 20.7 Å². The molecule has 0 bridgehead atoms. The number of aromatic nitrogens is 2. The van der Waals surface area contributed by atoms with Crippen LogP contribution in [-0.2, 0) is 17.8 Å². The molecule has 2 aromatic carbocycles. The van der Waals surface area contributed by atoms with Crippen LogP contribution in [0.3, 0.4) is 0 Å². The fourth-order valence-corrected chi connectivity index (χ4v) is 4.04. The molecule has 3 N–H and O–H groups in total. The zero-order chi connectivity index (χ0) is 24.5. The molecule has 4 aromatic rings. The topological polar surface area (TPSA) is 105 Å². The largest absolute Gasteiger partial charge is 0.497 e. The summed E-state index contributed by atoms with van der Waals surface area (Å²) in [4.78, 5) is 34.6. The second-order valence-corrected chi connectivity index (χ2v) is 8.50. The molecule has 0 radical (unpaired) electrons. The van der Waals surface area contributed by atoms with E-state index >= 15 is 0 Å². The number of carbonyl (C=O) groups is 2. The summed E-state index contributed by atoms with van der Waals surface area (Å²) in [5, 5.41) is 11.1. The van der Waals surface area contributed by atoms with Gasteiger partial charge in [0.05, 0.1) is 19.3 Å². The number of amides is 2. The molecule has 2 aromatic heterocycles. The molecule has 35 heavy (non-hydrogen) atoms. The highest BCUT2D eigenvalue weighted by Crippen LogP contribution is 2.23. The fourth-order valence-electron chi connectivity index (χ4n) is 3.33. The predicted molar refractivity (Wildman–Crippen MR) is 136 cm³/mol. The number of thiazole rings is 1. The van der Waals surface area contributed by atoms with Gasteiger partial charge in [0.2, 0.25) is 5.91 Å². The molecule has 0 spiro atoms. The first-order valence-electron chi connectivity index (χ1n) is 11.0. The normalized spacial score (nSPS) is 11.3. The monoisotopic (exact) mass is 487 g/mol. The summed E-state index contributed by atoms with van der Waals surface area (Å²) in [5.41, 5.74) is 2.73. The lowest BCUT2D eigenvalue weighted by molar-refractivity contribution is -0.123. The summed E-state index contributed by atoms with van der Waals surface area (Å²) < 4.78 is 5.17. The zero-order valence-corrected chi connectivity index (χ0v) is 19.9. The molecule has 0 aliphatic rings. The number of hydrogen-bond acceptors (Lipinski definition) is 7. The van der Waals surface area contributed by atoms with Crippen LogP contribution in [0.2, 0.25) is 0 Å². The summed E-state index contributed by atoms with van der Waals surface area (Å²) in [6, 6.07) is 21.7. The summed E-state index contributed by atoms with van der Waals surface area (Å²) in [7, 11) is 1.61. The Morgan fingerprint density at radius 2 is 1.77 bits per heavy atom. The van der Waals surface area contributed by atoms with Crippen molar-refractivity contribution in [3.63, 3.8) is 0 Å². The van der Waals surface area contributed by atoms with E-state index in [-0.39, 0.29) is 18.1 Å². The molecule has 4 rings (SSSR count). The molecule has 0 aliphatic carbocycles. The third kappa shape index (κ3) is 6.87. The quantitative estimate of drug-likeness (QED) is 0.313. The van der Waals surface area contributed by atoms with Crippen molar-refractivity contribution in [2.24, 2.45) is 0 Å². The van der Waals surface area contributed by atoms with Gasteiger partial charge in [0.1, 0.15) is 17.5 Å². The van der Waals surface area contributed by atoms with E-state index in [0.29, 0.717) is 11.6 Å². The van der Waals surface area contributed by atoms with Crippen molar-refractivity contribution in [1.82, 2.24) is 20.6 Å². The minimum Gasteiger partial charge on any atom is -0.497 e. The van der Waals surface area contributed by atoms with E-state index in [9.17, 15) is 9.59 Å². The maximum absolute atomic E-state index is 13.0. The van der Waals surface area contributed by atoms with Crippen molar-refractivity contribution in [3.05, 3.63) is 101 Å². The van der Waals surface area contributed by atoms with Crippen molar-refractivity contribution in [2.75, 3.05) is 12.4 Å². The van der Waals surface area contributed by atoms with E-state index in [0.717, 1.165) is 22.7 Å². The van der Waals surface area contributed by atoms with Crippen molar-refractivity contribution in [3.8, 4) is 5.75 Å². The number of carbonyl (C=O) groups excluding carboxylic acids is 2. The molecule has 2 amide bonds. The number of pyridine rings is 1. The number of ether oxygens (including phenoxy) is 1. The Morgan fingerprint density at radius 1 is 1.00 bits per heavy atom. The van der Waals surface area contributed by atoms with Crippen molar-refractivity contribution >= 4 is 34.0 Å². The van der Waals surface area contributed by atoms with Gasteiger partial charge in [-0.3, -0.25) is 14.6 Å². The van der Waals surface area contributed by atoms with E-state index < -0.39 is 11.9 Å². The fraction of sp³-hybridized carbons (Fsp3) is 0.154. The lowest BCUT2D eigenvalue weighted by atomic mass is 10.0. The predicted octanol–water partition coefficient (Wildman–Crippen LogP) is 3.95. The Bertz CT molecular complexity index is 1250. The molecule has 9 heteroatoms. The summed E-state index contributed by atoms with van der Waals surface area (Å²) in [6.07, 6.45) is 2.02. The van der Waals surface area contributed by atoms with E-state index in [4.69, 9.17) is 4.74 Å². The van der Waals surface area contributed by atoms with Gasteiger partial charge in [-0.15, -0.1) is 11.3 Å². The Labute approximate surface area is 207 Å². The van der Waals surface area contributed by atoms with Gasteiger partial charge >= 0.3 is 0 Å². The minimum atomic E-state index is -0.770. The number of benzene rings is 2.